The molecule has 3 aliphatic rings. The van der Waals surface area contributed by atoms with Crippen molar-refractivity contribution in [1.82, 2.24) is 25.8 Å². The number of urea groups is 1. The van der Waals surface area contributed by atoms with Crippen LogP contribution >= 0.6 is 11.6 Å². The Hall–Kier alpha value is -3.57. The second-order valence-electron chi connectivity index (χ2n) is 8.27. The van der Waals surface area contributed by atoms with E-state index in [0.717, 1.165) is 5.56 Å². The fourth-order valence-electron chi connectivity index (χ4n) is 5.17. The number of rotatable bonds is 1. The summed E-state index contributed by atoms with van der Waals surface area (Å²) < 4.78 is 11.4. The summed E-state index contributed by atoms with van der Waals surface area (Å²) in [7, 11) is 0. The first kappa shape index (κ1) is 20.1. The van der Waals surface area contributed by atoms with Gasteiger partial charge >= 0.3 is 6.03 Å². The van der Waals surface area contributed by atoms with Gasteiger partial charge in [0.1, 0.15) is 16.2 Å². The van der Waals surface area contributed by atoms with Crippen LogP contribution < -0.4 is 15.5 Å². The first-order chi connectivity index (χ1) is 15.9. The zero-order chi connectivity index (χ0) is 22.9. The number of hydrogen-bond acceptors (Lipinski definition) is 9. The highest BCUT2D eigenvalue weighted by molar-refractivity contribution is 6.38. The summed E-state index contributed by atoms with van der Waals surface area (Å²) in [5, 5.41) is 8.96. The second-order valence-corrected chi connectivity index (χ2v) is 8.64. The predicted octanol–water partition coefficient (Wildman–Crippen LogP) is 1.44. The Morgan fingerprint density at radius 1 is 1.18 bits per heavy atom. The van der Waals surface area contributed by atoms with Gasteiger partial charge in [-0.3, -0.25) is 25.2 Å². The summed E-state index contributed by atoms with van der Waals surface area (Å²) in [5.41, 5.74) is 1.31. The number of nitrogens with one attached hydrogen (secondary N) is 2. The minimum Gasteiger partial charge on any atom is -0.374 e. The van der Waals surface area contributed by atoms with E-state index in [2.05, 4.69) is 20.8 Å². The minimum absolute atomic E-state index is 0.0707. The van der Waals surface area contributed by atoms with Gasteiger partial charge < -0.3 is 14.2 Å². The molecule has 168 valence electrons. The number of aromatic nitrogens is 3. The van der Waals surface area contributed by atoms with E-state index in [1.54, 1.807) is 31.5 Å². The molecule has 6 rings (SSSR count). The van der Waals surface area contributed by atoms with Crippen molar-refractivity contribution in [2.45, 2.75) is 25.5 Å². The van der Waals surface area contributed by atoms with Crippen molar-refractivity contribution in [3.8, 4) is 11.3 Å². The van der Waals surface area contributed by atoms with Crippen LogP contribution in [0.2, 0.25) is 5.02 Å². The van der Waals surface area contributed by atoms with E-state index >= 15 is 0 Å². The van der Waals surface area contributed by atoms with E-state index in [9.17, 15) is 14.4 Å². The zero-order valence-corrected chi connectivity index (χ0v) is 18.0. The van der Waals surface area contributed by atoms with Gasteiger partial charge in [-0.1, -0.05) is 16.8 Å². The monoisotopic (exact) mass is 468 g/mol. The third-order valence-corrected chi connectivity index (χ3v) is 6.90. The molecule has 3 aromatic heterocycles. The van der Waals surface area contributed by atoms with Crippen LogP contribution in [0.4, 0.5) is 10.5 Å². The molecule has 1 spiro atoms. The van der Waals surface area contributed by atoms with Gasteiger partial charge in [0, 0.05) is 30.9 Å². The van der Waals surface area contributed by atoms with Gasteiger partial charge in [0.15, 0.2) is 5.41 Å². The summed E-state index contributed by atoms with van der Waals surface area (Å²) in [5.74, 6) is -1.38. The van der Waals surface area contributed by atoms with Crippen LogP contribution in [0.1, 0.15) is 12.6 Å². The molecule has 3 aliphatic heterocycles. The molecule has 0 bridgehead atoms. The minimum atomic E-state index is -1.63. The van der Waals surface area contributed by atoms with Crippen molar-refractivity contribution >= 4 is 46.2 Å². The van der Waals surface area contributed by atoms with Crippen molar-refractivity contribution in [1.29, 1.82) is 0 Å². The van der Waals surface area contributed by atoms with Crippen molar-refractivity contribution in [3.05, 3.63) is 35.2 Å². The van der Waals surface area contributed by atoms with Gasteiger partial charge in [-0.15, -0.1) is 0 Å². The summed E-state index contributed by atoms with van der Waals surface area (Å²) in [6, 6.07) is 1.98. The summed E-state index contributed by atoms with van der Waals surface area (Å²) in [6.07, 6.45) is 2.68. The quantitative estimate of drug-likeness (QED) is 0.507. The van der Waals surface area contributed by atoms with E-state index in [-0.39, 0.29) is 6.42 Å². The SMILES string of the molecule is C[C@@H]1OCCN2c3c(nc4c(-c5ccncc5)noc4c3Cl)CC3(C(=O)NC(=O)NC3=O)[C@@H]12. The van der Waals surface area contributed by atoms with Gasteiger partial charge in [0.25, 0.3) is 0 Å². The van der Waals surface area contributed by atoms with E-state index in [1.807, 2.05) is 4.90 Å². The molecule has 2 atom stereocenters. The lowest BCUT2D eigenvalue weighted by molar-refractivity contribution is -0.151. The number of hydrogen-bond donors (Lipinski definition) is 2. The molecule has 0 radical (unpaired) electrons. The largest absolute Gasteiger partial charge is 0.374 e. The summed E-state index contributed by atoms with van der Waals surface area (Å²) in [6.45, 7) is 2.52. The second kappa shape index (κ2) is 6.96. The van der Waals surface area contributed by atoms with Gasteiger partial charge in [-0.2, -0.15) is 0 Å². The first-order valence-electron chi connectivity index (χ1n) is 10.3. The number of imide groups is 2. The van der Waals surface area contributed by atoms with E-state index in [4.69, 9.17) is 25.8 Å². The normalized spacial score (nSPS) is 23.8. The Morgan fingerprint density at radius 2 is 1.91 bits per heavy atom. The molecule has 12 heteroatoms. The third-order valence-electron chi connectivity index (χ3n) is 6.54. The van der Waals surface area contributed by atoms with Crippen molar-refractivity contribution in [3.63, 3.8) is 0 Å². The Kier molecular flexibility index (Phi) is 4.23. The predicted molar refractivity (Wildman–Crippen MR) is 114 cm³/mol. The molecule has 6 heterocycles. The van der Waals surface area contributed by atoms with Gasteiger partial charge in [-0.25, -0.2) is 9.78 Å². The number of anilines is 1. The first-order valence-corrected chi connectivity index (χ1v) is 10.7. The van der Waals surface area contributed by atoms with Crippen molar-refractivity contribution in [2.24, 2.45) is 5.41 Å². The molecule has 0 aliphatic carbocycles. The van der Waals surface area contributed by atoms with Gasteiger partial charge in [0.05, 0.1) is 30.1 Å². The fraction of sp³-hybridized carbons (Fsp3) is 0.333. The average Bonchev–Trinajstić information content (AvgIpc) is 3.22. The molecule has 2 N–H and O–H groups in total. The highest BCUT2D eigenvalue weighted by Crippen LogP contribution is 2.50. The summed E-state index contributed by atoms with van der Waals surface area (Å²) in [4.78, 5) is 48.9. The topological polar surface area (TPSA) is 140 Å². The van der Waals surface area contributed by atoms with Crippen molar-refractivity contribution < 1.29 is 23.6 Å². The number of nitrogens with zero attached hydrogens (tertiary/aromatic N) is 4. The number of fused-ring (bicyclic) bond motifs is 5. The average molecular weight is 469 g/mol. The third kappa shape index (κ3) is 2.66. The van der Waals surface area contributed by atoms with Gasteiger partial charge in [-0.05, 0) is 19.1 Å². The number of halogens is 1. The molecule has 0 unspecified atom stereocenters. The molecule has 3 aromatic rings. The molecule has 2 fully saturated rings. The molecule has 33 heavy (non-hydrogen) atoms. The van der Waals surface area contributed by atoms with Crippen LogP contribution in [0.3, 0.4) is 0 Å². The molecule has 2 saturated heterocycles. The van der Waals surface area contributed by atoms with Crippen molar-refractivity contribution in [2.75, 3.05) is 18.1 Å². The molecule has 0 saturated carbocycles. The highest BCUT2D eigenvalue weighted by atomic mass is 35.5. The van der Waals surface area contributed by atoms with E-state index in [0.29, 0.717) is 46.3 Å². The maximum atomic E-state index is 13.2. The van der Waals surface area contributed by atoms with Crippen LogP contribution in [-0.4, -0.2) is 58.3 Å². The lowest BCUT2D eigenvalue weighted by Gasteiger charge is -2.53. The van der Waals surface area contributed by atoms with Crippen LogP contribution in [-0.2, 0) is 20.7 Å². The number of pyridine rings is 2. The Labute approximate surface area is 191 Å². The number of carbonyl (C=O) groups is 3. The van der Waals surface area contributed by atoms with Gasteiger partial charge in [0.2, 0.25) is 17.4 Å². The fourth-order valence-corrected chi connectivity index (χ4v) is 5.51. The van der Waals surface area contributed by atoms with Crippen LogP contribution in [0, 0.1) is 5.41 Å². The lowest BCUT2D eigenvalue weighted by atomic mass is 9.68. The molecular weight excluding hydrogens is 452 g/mol. The van der Waals surface area contributed by atoms with E-state index < -0.39 is 35.4 Å². The van der Waals surface area contributed by atoms with Crippen LogP contribution in [0.15, 0.2) is 29.0 Å². The Bertz CT molecular complexity index is 1320. The highest BCUT2D eigenvalue weighted by Gasteiger charge is 2.63. The van der Waals surface area contributed by atoms with Crippen LogP contribution in [0.5, 0.6) is 0 Å². The number of barbiturate groups is 1. The zero-order valence-electron chi connectivity index (χ0n) is 17.3. The Balaban J connectivity index is 1.60. The molecule has 4 amide bonds. The van der Waals surface area contributed by atoms with Crippen LogP contribution in [0.25, 0.3) is 22.4 Å². The number of ether oxygens (including phenoxy) is 1. The smallest absolute Gasteiger partial charge is 0.328 e. The number of morpholine rings is 1. The number of amides is 4. The molecule has 0 aromatic carbocycles. The Morgan fingerprint density at radius 3 is 2.64 bits per heavy atom. The maximum absolute atomic E-state index is 13.2. The lowest BCUT2D eigenvalue weighted by Crippen LogP contribution is -2.74. The van der Waals surface area contributed by atoms with E-state index in [1.165, 1.54) is 0 Å². The molecule has 11 nitrogen and oxygen atoms in total. The maximum Gasteiger partial charge on any atom is 0.328 e. The number of carbonyl (C=O) groups excluding carboxylic acids is 3. The molecular formula is C21H17ClN6O5. The standard InChI is InChI=1S/C21H17ClN6O5/c1-9-17-21(18(29)25-20(31)26-19(21)30)8-11-15(28(17)6-7-32-9)12(22)16-14(24-11)13(27-33-16)10-2-4-23-5-3-10/h2-5,9,17H,6-8H2,1H3,(H2,25,26,29,30,31)/t9-,17+/m0/s1. The summed E-state index contributed by atoms with van der Waals surface area (Å²) >= 11 is 6.83.